The van der Waals surface area contributed by atoms with Crippen LogP contribution in [0.2, 0.25) is 5.15 Å². The van der Waals surface area contributed by atoms with Gasteiger partial charge in [0.25, 0.3) is 10.0 Å². The number of nitrogens with two attached hydrogens (primary N) is 1. The molecule has 2 aromatic rings. The van der Waals surface area contributed by atoms with Crippen molar-refractivity contribution < 1.29 is 8.42 Å². The van der Waals surface area contributed by atoms with E-state index in [1.54, 1.807) is 26.0 Å². The average molecular weight is 313 g/mol. The van der Waals surface area contributed by atoms with Gasteiger partial charge in [0.2, 0.25) is 0 Å². The van der Waals surface area contributed by atoms with Crippen molar-refractivity contribution in [2.75, 3.05) is 10.5 Å². The SMILES string of the molecule is Cc1ccc(N)c(C)c1S(=O)(=O)Nc1ccc(Cl)nn1. The first-order valence-corrected chi connectivity index (χ1v) is 7.55. The van der Waals surface area contributed by atoms with Crippen LogP contribution in [0.4, 0.5) is 11.5 Å². The standard InChI is InChI=1S/C12H13ClN4O2S/c1-7-3-4-9(14)8(2)12(7)20(18,19)17-11-6-5-10(13)15-16-11/h3-6H,14H2,1-2H3,(H,16,17). The van der Waals surface area contributed by atoms with Gasteiger partial charge in [-0.05, 0) is 43.2 Å². The third-order valence-electron chi connectivity index (χ3n) is 2.78. The molecule has 0 saturated heterocycles. The Morgan fingerprint density at radius 1 is 1.15 bits per heavy atom. The first-order chi connectivity index (χ1) is 9.31. The van der Waals surface area contributed by atoms with Crippen molar-refractivity contribution in [3.8, 4) is 0 Å². The summed E-state index contributed by atoms with van der Waals surface area (Å²) in [6.45, 7) is 3.36. The van der Waals surface area contributed by atoms with Crippen LogP contribution >= 0.6 is 11.6 Å². The van der Waals surface area contributed by atoms with E-state index in [0.717, 1.165) is 0 Å². The van der Waals surface area contributed by atoms with E-state index in [4.69, 9.17) is 17.3 Å². The van der Waals surface area contributed by atoms with Gasteiger partial charge in [-0.25, -0.2) is 8.42 Å². The van der Waals surface area contributed by atoms with Crippen molar-refractivity contribution in [3.63, 3.8) is 0 Å². The molecule has 0 bridgehead atoms. The molecular weight excluding hydrogens is 300 g/mol. The van der Waals surface area contributed by atoms with E-state index in [-0.39, 0.29) is 15.9 Å². The fourth-order valence-electron chi connectivity index (χ4n) is 1.81. The fourth-order valence-corrected chi connectivity index (χ4v) is 3.41. The largest absolute Gasteiger partial charge is 0.398 e. The van der Waals surface area contributed by atoms with E-state index in [0.29, 0.717) is 16.8 Å². The molecule has 0 unspecified atom stereocenters. The predicted octanol–water partition coefficient (Wildman–Crippen LogP) is 2.13. The molecule has 0 spiro atoms. The zero-order valence-electron chi connectivity index (χ0n) is 10.9. The summed E-state index contributed by atoms with van der Waals surface area (Å²) in [5.74, 6) is 0.0932. The Morgan fingerprint density at radius 3 is 2.45 bits per heavy atom. The summed E-state index contributed by atoms with van der Waals surface area (Å²) in [5, 5.41) is 7.43. The molecule has 0 saturated carbocycles. The molecule has 106 valence electrons. The molecule has 1 heterocycles. The molecule has 0 aliphatic rings. The number of hydrogen-bond acceptors (Lipinski definition) is 5. The molecule has 6 nitrogen and oxygen atoms in total. The minimum atomic E-state index is -3.79. The Labute approximate surface area is 122 Å². The molecule has 0 fully saturated rings. The highest BCUT2D eigenvalue weighted by Crippen LogP contribution is 2.26. The minimum Gasteiger partial charge on any atom is -0.398 e. The maximum atomic E-state index is 12.4. The summed E-state index contributed by atoms with van der Waals surface area (Å²) in [4.78, 5) is 0.147. The summed E-state index contributed by atoms with van der Waals surface area (Å²) >= 11 is 5.60. The maximum Gasteiger partial charge on any atom is 0.263 e. The zero-order chi connectivity index (χ0) is 14.9. The number of anilines is 2. The molecule has 8 heteroatoms. The lowest BCUT2D eigenvalue weighted by Gasteiger charge is -2.13. The summed E-state index contributed by atoms with van der Waals surface area (Å²) < 4.78 is 27.2. The lowest BCUT2D eigenvalue weighted by atomic mass is 10.1. The average Bonchev–Trinajstić information content (AvgIpc) is 2.37. The Hall–Kier alpha value is -1.86. The molecule has 0 amide bonds. The van der Waals surface area contributed by atoms with Gasteiger partial charge in [0.15, 0.2) is 11.0 Å². The van der Waals surface area contributed by atoms with Gasteiger partial charge < -0.3 is 5.73 Å². The predicted molar refractivity (Wildman–Crippen MR) is 78.2 cm³/mol. The number of nitrogen functional groups attached to an aromatic ring is 1. The van der Waals surface area contributed by atoms with E-state index >= 15 is 0 Å². The number of nitrogens with zero attached hydrogens (tertiary/aromatic N) is 2. The van der Waals surface area contributed by atoms with Gasteiger partial charge in [-0.15, -0.1) is 10.2 Å². The Bertz CT molecular complexity index is 745. The molecular formula is C12H13ClN4O2S. The number of aryl methyl sites for hydroxylation is 1. The van der Waals surface area contributed by atoms with Gasteiger partial charge in [-0.1, -0.05) is 17.7 Å². The Kier molecular flexibility index (Phi) is 3.82. The minimum absolute atomic E-state index is 0.0932. The highest BCUT2D eigenvalue weighted by Gasteiger charge is 2.21. The first kappa shape index (κ1) is 14.5. The van der Waals surface area contributed by atoms with Crippen molar-refractivity contribution in [1.82, 2.24) is 10.2 Å². The van der Waals surface area contributed by atoms with E-state index in [1.807, 2.05) is 0 Å². The van der Waals surface area contributed by atoms with Crippen LogP contribution in [0.25, 0.3) is 0 Å². The van der Waals surface area contributed by atoms with Crippen molar-refractivity contribution in [2.24, 2.45) is 0 Å². The molecule has 0 aliphatic heterocycles. The number of halogens is 1. The maximum absolute atomic E-state index is 12.4. The van der Waals surface area contributed by atoms with Gasteiger partial charge in [0.1, 0.15) is 0 Å². The monoisotopic (exact) mass is 312 g/mol. The lowest BCUT2D eigenvalue weighted by molar-refractivity contribution is 0.599. The molecule has 1 aromatic carbocycles. The van der Waals surface area contributed by atoms with Crippen LogP contribution in [-0.4, -0.2) is 18.6 Å². The van der Waals surface area contributed by atoms with E-state index in [1.165, 1.54) is 12.1 Å². The van der Waals surface area contributed by atoms with Gasteiger partial charge in [-0.3, -0.25) is 4.72 Å². The molecule has 0 radical (unpaired) electrons. The van der Waals surface area contributed by atoms with Crippen LogP contribution < -0.4 is 10.5 Å². The number of aromatic nitrogens is 2. The van der Waals surface area contributed by atoms with Crippen LogP contribution in [0, 0.1) is 13.8 Å². The van der Waals surface area contributed by atoms with Crippen molar-refractivity contribution in [1.29, 1.82) is 0 Å². The number of benzene rings is 1. The second kappa shape index (κ2) is 5.26. The highest BCUT2D eigenvalue weighted by molar-refractivity contribution is 7.92. The van der Waals surface area contributed by atoms with Gasteiger partial charge >= 0.3 is 0 Å². The van der Waals surface area contributed by atoms with Gasteiger partial charge in [0.05, 0.1) is 4.90 Å². The van der Waals surface area contributed by atoms with Crippen LogP contribution in [0.3, 0.4) is 0 Å². The van der Waals surface area contributed by atoms with Crippen LogP contribution in [0.5, 0.6) is 0 Å². The summed E-state index contributed by atoms with van der Waals surface area (Å²) in [5.41, 5.74) is 7.28. The first-order valence-electron chi connectivity index (χ1n) is 5.69. The fraction of sp³-hybridized carbons (Fsp3) is 0.167. The van der Waals surface area contributed by atoms with E-state index < -0.39 is 10.0 Å². The quantitative estimate of drug-likeness (QED) is 0.846. The third kappa shape index (κ3) is 2.83. The van der Waals surface area contributed by atoms with Gasteiger partial charge in [-0.2, -0.15) is 0 Å². The Morgan fingerprint density at radius 2 is 1.85 bits per heavy atom. The normalized spacial score (nSPS) is 11.3. The summed E-state index contributed by atoms with van der Waals surface area (Å²) in [6.07, 6.45) is 0. The molecule has 2 rings (SSSR count). The summed E-state index contributed by atoms with van der Waals surface area (Å²) in [7, 11) is -3.79. The number of hydrogen-bond donors (Lipinski definition) is 2. The third-order valence-corrected chi connectivity index (χ3v) is 4.63. The molecule has 1 aromatic heterocycles. The van der Waals surface area contributed by atoms with Crippen molar-refractivity contribution >= 4 is 33.1 Å². The summed E-state index contributed by atoms with van der Waals surface area (Å²) in [6, 6.07) is 6.21. The van der Waals surface area contributed by atoms with Gasteiger partial charge in [0, 0.05) is 5.69 Å². The second-order valence-electron chi connectivity index (χ2n) is 4.27. The van der Waals surface area contributed by atoms with E-state index in [9.17, 15) is 8.42 Å². The van der Waals surface area contributed by atoms with Crippen molar-refractivity contribution in [3.05, 3.63) is 40.5 Å². The highest BCUT2D eigenvalue weighted by atomic mass is 35.5. The van der Waals surface area contributed by atoms with Crippen molar-refractivity contribution in [2.45, 2.75) is 18.7 Å². The van der Waals surface area contributed by atoms with Crippen LogP contribution in [-0.2, 0) is 10.0 Å². The molecule has 0 aliphatic carbocycles. The molecule has 0 atom stereocenters. The number of nitrogens with one attached hydrogen (secondary N) is 1. The molecule has 3 N–H and O–H groups in total. The Balaban J connectivity index is 2.46. The smallest absolute Gasteiger partial charge is 0.263 e. The number of rotatable bonds is 3. The lowest BCUT2D eigenvalue weighted by Crippen LogP contribution is -2.17. The topological polar surface area (TPSA) is 98.0 Å². The van der Waals surface area contributed by atoms with Crippen LogP contribution in [0.15, 0.2) is 29.2 Å². The second-order valence-corrected chi connectivity index (χ2v) is 6.28. The zero-order valence-corrected chi connectivity index (χ0v) is 12.5. The van der Waals surface area contributed by atoms with E-state index in [2.05, 4.69) is 14.9 Å². The van der Waals surface area contributed by atoms with Crippen LogP contribution in [0.1, 0.15) is 11.1 Å². The number of sulfonamides is 1. The molecule has 20 heavy (non-hydrogen) atoms.